The maximum Gasteiger partial charge on any atom is 0.173 e. The van der Waals surface area contributed by atoms with E-state index in [1.54, 1.807) is 36.7 Å². The number of hydrogen-bond acceptors (Lipinski definition) is 6. The van der Waals surface area contributed by atoms with Gasteiger partial charge in [-0.25, -0.2) is 0 Å². The van der Waals surface area contributed by atoms with Crippen LogP contribution in [0.4, 0.5) is 0 Å². The van der Waals surface area contributed by atoms with Crippen LogP contribution in [0.15, 0.2) is 64.6 Å². The number of Topliss-reactive ketones (excluding diaryl/α,β-unsaturated/α-hetero) is 2. The summed E-state index contributed by atoms with van der Waals surface area (Å²) in [5.41, 5.74) is 2.89. The van der Waals surface area contributed by atoms with E-state index in [-0.39, 0.29) is 22.7 Å². The summed E-state index contributed by atoms with van der Waals surface area (Å²) in [6, 6.07) is 10.7. The summed E-state index contributed by atoms with van der Waals surface area (Å²) in [5.74, 6) is -0.508. The lowest BCUT2D eigenvalue weighted by Crippen LogP contribution is -2.37. The van der Waals surface area contributed by atoms with Crippen molar-refractivity contribution in [3.8, 4) is 6.07 Å². The average molecular weight is 498 g/mol. The molecule has 1 aliphatic heterocycles. The third kappa shape index (κ3) is 4.86. The van der Waals surface area contributed by atoms with Crippen molar-refractivity contribution in [1.82, 2.24) is 10.3 Å². The van der Waals surface area contributed by atoms with Gasteiger partial charge in [-0.15, -0.1) is 0 Å². The molecule has 0 radical (unpaired) electrons. The number of benzene rings is 1. The van der Waals surface area contributed by atoms with Gasteiger partial charge in [0.1, 0.15) is 0 Å². The first-order valence-electron chi connectivity index (χ1n) is 10.4. The standard InChI is InChI=1S/C25H21Cl2N3O2S/c1-25(2)9-19-23(20(31)10-25)22(15-4-3-7-29-12-15)16(11-28)24(30-19)33-13-21(32)14-5-6-17(26)18(27)8-14/h3-8,12,22,30H,9-10,13H2,1-2H3. The molecule has 0 spiro atoms. The Labute approximate surface area is 206 Å². The van der Waals surface area contributed by atoms with Crippen LogP contribution in [0.25, 0.3) is 0 Å². The van der Waals surface area contributed by atoms with E-state index in [0.717, 1.165) is 11.3 Å². The van der Waals surface area contributed by atoms with Crippen LogP contribution in [0.1, 0.15) is 48.5 Å². The summed E-state index contributed by atoms with van der Waals surface area (Å²) in [7, 11) is 0. The molecule has 0 fully saturated rings. The summed E-state index contributed by atoms with van der Waals surface area (Å²) < 4.78 is 0. The van der Waals surface area contributed by atoms with Crippen LogP contribution in [-0.2, 0) is 4.79 Å². The van der Waals surface area contributed by atoms with Crippen molar-refractivity contribution in [3.05, 3.63) is 85.8 Å². The lowest BCUT2D eigenvalue weighted by Gasteiger charge is -2.38. The Morgan fingerprint density at radius 1 is 1.27 bits per heavy atom. The molecule has 2 aromatic rings. The maximum atomic E-state index is 13.2. The minimum atomic E-state index is -0.508. The normalized spacial score (nSPS) is 19.6. The zero-order chi connectivity index (χ0) is 23.8. The number of hydrogen-bond donors (Lipinski definition) is 1. The fourth-order valence-electron chi connectivity index (χ4n) is 4.26. The highest BCUT2D eigenvalue weighted by molar-refractivity contribution is 8.03. The number of nitrogens with zero attached hydrogens (tertiary/aromatic N) is 2. The van der Waals surface area contributed by atoms with Gasteiger partial charge in [0.15, 0.2) is 11.6 Å². The Bertz CT molecular complexity index is 1250. The van der Waals surface area contributed by atoms with Gasteiger partial charge in [-0.3, -0.25) is 14.6 Å². The van der Waals surface area contributed by atoms with Crippen molar-refractivity contribution in [1.29, 1.82) is 5.26 Å². The van der Waals surface area contributed by atoms with Crippen LogP contribution < -0.4 is 5.32 Å². The fraction of sp³-hybridized carbons (Fsp3) is 0.280. The van der Waals surface area contributed by atoms with Gasteiger partial charge in [-0.05, 0) is 41.7 Å². The maximum absolute atomic E-state index is 13.2. The molecular weight excluding hydrogens is 477 g/mol. The van der Waals surface area contributed by atoms with Gasteiger partial charge in [0.25, 0.3) is 0 Å². The molecule has 0 amide bonds. The molecule has 0 saturated heterocycles. The van der Waals surface area contributed by atoms with Crippen molar-refractivity contribution >= 4 is 46.5 Å². The predicted molar refractivity (Wildman–Crippen MR) is 131 cm³/mol. The van der Waals surface area contributed by atoms with Crippen LogP contribution in [0.2, 0.25) is 10.0 Å². The molecule has 2 aliphatic rings. The van der Waals surface area contributed by atoms with Crippen molar-refractivity contribution in [2.24, 2.45) is 5.41 Å². The van der Waals surface area contributed by atoms with Crippen LogP contribution >= 0.6 is 35.0 Å². The third-order valence-electron chi connectivity index (χ3n) is 5.73. The number of thioether (sulfide) groups is 1. The fourth-order valence-corrected chi connectivity index (χ4v) is 5.52. The van der Waals surface area contributed by atoms with Gasteiger partial charge in [0, 0.05) is 35.6 Å². The van der Waals surface area contributed by atoms with Crippen LogP contribution in [0, 0.1) is 16.7 Å². The number of nitriles is 1. The molecule has 1 aromatic carbocycles. The van der Waals surface area contributed by atoms with Gasteiger partial charge < -0.3 is 5.32 Å². The van der Waals surface area contributed by atoms with E-state index in [1.165, 1.54) is 11.8 Å². The third-order valence-corrected chi connectivity index (χ3v) is 7.49. The smallest absolute Gasteiger partial charge is 0.173 e. The largest absolute Gasteiger partial charge is 0.352 e. The van der Waals surface area contributed by atoms with E-state index in [9.17, 15) is 14.9 Å². The molecule has 4 rings (SSSR count). The molecule has 1 atom stereocenters. The number of aromatic nitrogens is 1. The average Bonchev–Trinajstić information content (AvgIpc) is 2.78. The molecule has 1 N–H and O–H groups in total. The summed E-state index contributed by atoms with van der Waals surface area (Å²) >= 11 is 13.3. The summed E-state index contributed by atoms with van der Waals surface area (Å²) in [4.78, 5) is 30.2. The zero-order valence-electron chi connectivity index (χ0n) is 18.1. The second kappa shape index (κ2) is 9.34. The highest BCUT2D eigenvalue weighted by Gasteiger charge is 2.42. The van der Waals surface area contributed by atoms with Crippen molar-refractivity contribution < 1.29 is 9.59 Å². The first-order valence-corrected chi connectivity index (χ1v) is 12.1. The Kier molecular flexibility index (Phi) is 6.67. The Hall–Kier alpha value is -2.59. The summed E-state index contributed by atoms with van der Waals surface area (Å²) in [5, 5.41) is 14.7. The second-order valence-electron chi connectivity index (χ2n) is 8.87. The number of carbonyl (C=O) groups excluding carboxylic acids is 2. The lowest BCUT2D eigenvalue weighted by molar-refractivity contribution is -0.118. The summed E-state index contributed by atoms with van der Waals surface area (Å²) in [6.07, 6.45) is 4.44. The van der Waals surface area contributed by atoms with E-state index >= 15 is 0 Å². The highest BCUT2D eigenvalue weighted by atomic mass is 35.5. The number of nitrogens with one attached hydrogen (secondary N) is 1. The molecule has 2 heterocycles. The molecule has 1 aliphatic carbocycles. The number of dihydropyridines is 1. The zero-order valence-corrected chi connectivity index (χ0v) is 20.4. The number of halogens is 2. The quantitative estimate of drug-likeness (QED) is 0.504. The molecule has 0 bridgehead atoms. The Morgan fingerprint density at radius 3 is 2.73 bits per heavy atom. The molecule has 8 heteroatoms. The molecule has 1 unspecified atom stereocenters. The molecular formula is C25H21Cl2N3O2S. The highest BCUT2D eigenvalue weighted by Crippen LogP contribution is 2.47. The van der Waals surface area contributed by atoms with Crippen molar-refractivity contribution in [3.63, 3.8) is 0 Å². The van der Waals surface area contributed by atoms with E-state index < -0.39 is 5.92 Å². The second-order valence-corrected chi connectivity index (χ2v) is 10.7. The van der Waals surface area contributed by atoms with Gasteiger partial charge in [-0.2, -0.15) is 5.26 Å². The number of rotatable bonds is 5. The van der Waals surface area contributed by atoms with Crippen molar-refractivity contribution in [2.75, 3.05) is 5.75 Å². The number of carbonyl (C=O) groups is 2. The van der Waals surface area contributed by atoms with Gasteiger partial charge >= 0.3 is 0 Å². The van der Waals surface area contributed by atoms with E-state index in [1.807, 2.05) is 6.07 Å². The van der Waals surface area contributed by atoms with E-state index in [0.29, 0.717) is 44.6 Å². The number of pyridine rings is 1. The number of ketones is 2. The minimum absolute atomic E-state index is 0.0336. The predicted octanol–water partition coefficient (Wildman–Crippen LogP) is 6.07. The molecule has 0 saturated carbocycles. The first-order chi connectivity index (χ1) is 15.7. The van der Waals surface area contributed by atoms with Crippen LogP contribution in [-0.4, -0.2) is 22.3 Å². The van der Waals surface area contributed by atoms with Crippen LogP contribution in [0.5, 0.6) is 0 Å². The SMILES string of the molecule is CC1(C)CC(=O)C2=C(C1)NC(SCC(=O)c1ccc(Cl)c(Cl)c1)=C(C#N)C2c1cccnc1. The van der Waals surface area contributed by atoms with E-state index in [4.69, 9.17) is 23.2 Å². The van der Waals surface area contributed by atoms with E-state index in [2.05, 4.69) is 30.2 Å². The van der Waals surface area contributed by atoms with Gasteiger partial charge in [0.05, 0.1) is 38.4 Å². The molecule has 168 valence electrons. The molecule has 33 heavy (non-hydrogen) atoms. The van der Waals surface area contributed by atoms with Crippen LogP contribution in [0.3, 0.4) is 0 Å². The topological polar surface area (TPSA) is 82.9 Å². The van der Waals surface area contributed by atoms with Gasteiger partial charge in [0.2, 0.25) is 0 Å². The Morgan fingerprint density at radius 2 is 2.06 bits per heavy atom. The lowest BCUT2D eigenvalue weighted by atomic mass is 9.69. The molecule has 1 aromatic heterocycles. The monoisotopic (exact) mass is 497 g/mol. The first kappa shape index (κ1) is 23.6. The summed E-state index contributed by atoms with van der Waals surface area (Å²) in [6.45, 7) is 4.11. The van der Waals surface area contributed by atoms with Crippen molar-refractivity contribution in [2.45, 2.75) is 32.6 Å². The number of allylic oxidation sites excluding steroid dienone is 3. The minimum Gasteiger partial charge on any atom is -0.352 e. The Balaban J connectivity index is 1.69. The molecule has 5 nitrogen and oxygen atoms in total. The van der Waals surface area contributed by atoms with Gasteiger partial charge in [-0.1, -0.05) is 54.9 Å².